The predicted molar refractivity (Wildman–Crippen MR) is 65.2 cm³/mol. The first-order chi connectivity index (χ1) is 8.20. The van der Waals surface area contributed by atoms with Gasteiger partial charge in [-0.1, -0.05) is 6.07 Å². The normalized spacial score (nSPS) is 23.2. The van der Waals surface area contributed by atoms with Gasteiger partial charge in [-0.15, -0.1) is 0 Å². The van der Waals surface area contributed by atoms with E-state index in [0.29, 0.717) is 6.54 Å². The Morgan fingerprint density at radius 1 is 1.65 bits per heavy atom. The van der Waals surface area contributed by atoms with Gasteiger partial charge in [-0.3, -0.25) is 14.7 Å². The summed E-state index contributed by atoms with van der Waals surface area (Å²) < 4.78 is 0. The monoisotopic (exact) mass is 234 g/mol. The van der Waals surface area contributed by atoms with Crippen molar-refractivity contribution >= 4 is 5.91 Å². The number of aromatic nitrogens is 1. The molecule has 0 aliphatic carbocycles. The SMILES string of the molecule is CC(c1ccccn1)N1CCNCC1C(N)=O. The second kappa shape index (κ2) is 5.25. The molecule has 5 heteroatoms. The van der Waals surface area contributed by atoms with Crippen LogP contribution in [-0.2, 0) is 4.79 Å². The third-order valence-electron chi connectivity index (χ3n) is 3.23. The Kier molecular flexibility index (Phi) is 3.71. The highest BCUT2D eigenvalue weighted by Crippen LogP contribution is 2.21. The van der Waals surface area contributed by atoms with Gasteiger partial charge in [0.1, 0.15) is 6.04 Å². The van der Waals surface area contributed by atoms with Crippen molar-refractivity contribution in [3.8, 4) is 0 Å². The highest BCUT2D eigenvalue weighted by atomic mass is 16.1. The molecule has 1 aromatic heterocycles. The third-order valence-corrected chi connectivity index (χ3v) is 3.23. The number of rotatable bonds is 3. The van der Waals surface area contributed by atoms with Crippen LogP contribution in [-0.4, -0.2) is 41.5 Å². The van der Waals surface area contributed by atoms with E-state index >= 15 is 0 Å². The molecule has 1 amide bonds. The van der Waals surface area contributed by atoms with Gasteiger partial charge >= 0.3 is 0 Å². The van der Waals surface area contributed by atoms with E-state index in [9.17, 15) is 4.79 Å². The second-order valence-electron chi connectivity index (χ2n) is 4.29. The minimum atomic E-state index is -0.278. The summed E-state index contributed by atoms with van der Waals surface area (Å²) in [4.78, 5) is 17.9. The molecule has 92 valence electrons. The molecular weight excluding hydrogens is 216 g/mol. The highest BCUT2D eigenvalue weighted by Gasteiger charge is 2.31. The van der Waals surface area contributed by atoms with Gasteiger partial charge in [-0.05, 0) is 19.1 Å². The molecule has 0 saturated carbocycles. The molecule has 0 bridgehead atoms. The lowest BCUT2D eigenvalue weighted by molar-refractivity contribution is -0.124. The van der Waals surface area contributed by atoms with Gasteiger partial charge in [0.25, 0.3) is 0 Å². The van der Waals surface area contributed by atoms with Crippen molar-refractivity contribution in [2.45, 2.75) is 19.0 Å². The molecule has 1 aliphatic rings. The summed E-state index contributed by atoms with van der Waals surface area (Å²) in [5.41, 5.74) is 6.41. The van der Waals surface area contributed by atoms with Crippen LogP contribution in [0.1, 0.15) is 18.7 Å². The Balaban J connectivity index is 2.16. The number of nitrogens with two attached hydrogens (primary N) is 1. The van der Waals surface area contributed by atoms with Crippen molar-refractivity contribution in [1.82, 2.24) is 15.2 Å². The summed E-state index contributed by atoms with van der Waals surface area (Å²) in [6, 6.07) is 5.68. The molecule has 0 spiro atoms. The fourth-order valence-corrected chi connectivity index (χ4v) is 2.24. The van der Waals surface area contributed by atoms with Crippen LogP contribution in [0, 0.1) is 0 Å². The minimum Gasteiger partial charge on any atom is -0.368 e. The molecular formula is C12H18N4O. The molecule has 0 aromatic carbocycles. The lowest BCUT2D eigenvalue weighted by Crippen LogP contribution is -2.57. The third kappa shape index (κ3) is 2.62. The average Bonchev–Trinajstić information content (AvgIpc) is 2.39. The van der Waals surface area contributed by atoms with Gasteiger partial charge in [0.15, 0.2) is 0 Å². The average molecular weight is 234 g/mol. The Hall–Kier alpha value is -1.46. The van der Waals surface area contributed by atoms with Crippen molar-refractivity contribution in [2.75, 3.05) is 19.6 Å². The smallest absolute Gasteiger partial charge is 0.236 e. The van der Waals surface area contributed by atoms with Crippen LogP contribution >= 0.6 is 0 Å². The summed E-state index contributed by atoms with van der Waals surface area (Å²) in [7, 11) is 0. The minimum absolute atomic E-state index is 0.107. The van der Waals surface area contributed by atoms with Gasteiger partial charge in [0.05, 0.1) is 11.7 Å². The molecule has 2 rings (SSSR count). The number of nitrogens with one attached hydrogen (secondary N) is 1. The maximum absolute atomic E-state index is 11.4. The molecule has 17 heavy (non-hydrogen) atoms. The van der Waals surface area contributed by atoms with Gasteiger partial charge in [0.2, 0.25) is 5.91 Å². The highest BCUT2D eigenvalue weighted by molar-refractivity contribution is 5.80. The number of carbonyl (C=O) groups excluding carboxylic acids is 1. The molecule has 2 unspecified atom stereocenters. The summed E-state index contributed by atoms with van der Waals surface area (Å²) in [6.45, 7) is 4.36. The molecule has 5 nitrogen and oxygen atoms in total. The van der Waals surface area contributed by atoms with Crippen LogP contribution in [0.5, 0.6) is 0 Å². The van der Waals surface area contributed by atoms with Crippen molar-refractivity contribution in [3.05, 3.63) is 30.1 Å². The van der Waals surface area contributed by atoms with Gasteiger partial charge in [-0.2, -0.15) is 0 Å². The molecule has 3 N–H and O–H groups in total. The van der Waals surface area contributed by atoms with E-state index in [4.69, 9.17) is 5.73 Å². The quantitative estimate of drug-likeness (QED) is 0.766. The zero-order chi connectivity index (χ0) is 12.3. The van der Waals surface area contributed by atoms with E-state index in [-0.39, 0.29) is 18.0 Å². The summed E-state index contributed by atoms with van der Waals surface area (Å²) >= 11 is 0. The van der Waals surface area contributed by atoms with Crippen LogP contribution in [0.3, 0.4) is 0 Å². The topological polar surface area (TPSA) is 71.2 Å². The molecule has 0 radical (unpaired) electrons. The number of carbonyl (C=O) groups is 1. The number of nitrogens with zero attached hydrogens (tertiary/aromatic N) is 2. The van der Waals surface area contributed by atoms with Crippen LogP contribution < -0.4 is 11.1 Å². The Bertz CT molecular complexity index is 381. The van der Waals surface area contributed by atoms with E-state index in [1.807, 2.05) is 18.2 Å². The Labute approximate surface area is 101 Å². The summed E-state index contributed by atoms with van der Waals surface area (Å²) in [6.07, 6.45) is 1.77. The van der Waals surface area contributed by atoms with E-state index in [1.165, 1.54) is 0 Å². The Morgan fingerprint density at radius 3 is 3.12 bits per heavy atom. The molecule has 1 fully saturated rings. The number of hydrogen-bond donors (Lipinski definition) is 2. The molecule has 1 aliphatic heterocycles. The van der Waals surface area contributed by atoms with Crippen molar-refractivity contribution in [2.24, 2.45) is 5.73 Å². The van der Waals surface area contributed by atoms with E-state index < -0.39 is 0 Å². The zero-order valence-electron chi connectivity index (χ0n) is 9.97. The molecule has 1 saturated heterocycles. The fraction of sp³-hybridized carbons (Fsp3) is 0.500. The lowest BCUT2D eigenvalue weighted by Gasteiger charge is -2.38. The van der Waals surface area contributed by atoms with E-state index in [2.05, 4.69) is 22.1 Å². The molecule has 2 atom stereocenters. The number of amides is 1. The van der Waals surface area contributed by atoms with Crippen LogP contribution in [0.4, 0.5) is 0 Å². The van der Waals surface area contributed by atoms with Gasteiger partial charge in [0, 0.05) is 25.8 Å². The Morgan fingerprint density at radius 2 is 2.47 bits per heavy atom. The first-order valence-corrected chi connectivity index (χ1v) is 5.87. The van der Waals surface area contributed by atoms with Crippen molar-refractivity contribution in [3.63, 3.8) is 0 Å². The van der Waals surface area contributed by atoms with E-state index in [1.54, 1.807) is 6.20 Å². The zero-order valence-corrected chi connectivity index (χ0v) is 9.97. The van der Waals surface area contributed by atoms with Crippen LogP contribution in [0.15, 0.2) is 24.4 Å². The lowest BCUT2D eigenvalue weighted by atomic mass is 10.1. The van der Waals surface area contributed by atoms with Crippen LogP contribution in [0.25, 0.3) is 0 Å². The predicted octanol–water partition coefficient (Wildman–Crippen LogP) is -0.0983. The van der Waals surface area contributed by atoms with Crippen molar-refractivity contribution < 1.29 is 4.79 Å². The standard InChI is InChI=1S/C12H18N4O/c1-9(10-4-2-3-5-15-10)16-7-6-14-8-11(16)12(13)17/h2-5,9,11,14H,6-8H2,1H3,(H2,13,17). The number of hydrogen-bond acceptors (Lipinski definition) is 4. The number of piperazine rings is 1. The maximum Gasteiger partial charge on any atom is 0.236 e. The first kappa shape index (κ1) is 12.0. The number of primary amides is 1. The van der Waals surface area contributed by atoms with E-state index in [0.717, 1.165) is 18.8 Å². The first-order valence-electron chi connectivity index (χ1n) is 5.87. The number of pyridine rings is 1. The van der Waals surface area contributed by atoms with Gasteiger partial charge < -0.3 is 11.1 Å². The largest absolute Gasteiger partial charge is 0.368 e. The summed E-state index contributed by atoms with van der Waals surface area (Å²) in [5, 5.41) is 3.19. The van der Waals surface area contributed by atoms with Gasteiger partial charge in [-0.25, -0.2) is 0 Å². The fourth-order valence-electron chi connectivity index (χ4n) is 2.24. The molecule has 2 heterocycles. The second-order valence-corrected chi connectivity index (χ2v) is 4.29. The van der Waals surface area contributed by atoms with Crippen LogP contribution in [0.2, 0.25) is 0 Å². The maximum atomic E-state index is 11.4. The molecule has 1 aromatic rings. The van der Waals surface area contributed by atoms with Crippen molar-refractivity contribution in [1.29, 1.82) is 0 Å². The summed E-state index contributed by atoms with van der Waals surface area (Å²) in [5.74, 6) is -0.278.